The molecule has 0 heterocycles. The number of halogens is 3. The Balaban J connectivity index is 3.75. The molecule has 1 N–H and O–H groups in total. The first-order chi connectivity index (χ1) is 7.78. The number of hydrogen-bond donors (Lipinski definition) is 1. The van der Waals surface area contributed by atoms with E-state index in [2.05, 4.69) is 4.74 Å². The first-order valence-electron chi connectivity index (χ1n) is 5.02. The van der Waals surface area contributed by atoms with Crippen LogP contribution in [0.1, 0.15) is 19.8 Å². The highest BCUT2D eigenvalue weighted by molar-refractivity contribution is 7.86. The first-order valence-corrected chi connectivity index (χ1v) is 6.40. The summed E-state index contributed by atoms with van der Waals surface area (Å²) in [4.78, 5) is 10.6. The van der Waals surface area contributed by atoms with Gasteiger partial charge in [0.05, 0.1) is 0 Å². The van der Waals surface area contributed by atoms with Crippen LogP contribution in [-0.2, 0) is 20.3 Å². The Morgan fingerprint density at radius 3 is 2.47 bits per heavy atom. The molecule has 0 amide bonds. The summed E-state index contributed by atoms with van der Waals surface area (Å²) in [7, 11) is -1.57. The van der Waals surface area contributed by atoms with E-state index in [1.165, 1.54) is 0 Å². The summed E-state index contributed by atoms with van der Waals surface area (Å²) in [6.07, 6.45) is -4.00. The number of carboxylic acids is 1. The molecule has 102 valence electrons. The molecule has 0 aliphatic heterocycles. The smallest absolute Gasteiger partial charge is 0.411 e. The van der Waals surface area contributed by atoms with Gasteiger partial charge >= 0.3 is 12.1 Å². The van der Waals surface area contributed by atoms with Crippen LogP contribution in [-0.4, -0.2) is 45.7 Å². The molecule has 0 aromatic carbocycles. The van der Waals surface area contributed by atoms with Gasteiger partial charge in [-0.05, 0) is 12.8 Å². The van der Waals surface area contributed by atoms with Gasteiger partial charge in [0.2, 0.25) is 0 Å². The van der Waals surface area contributed by atoms with Gasteiger partial charge in [0, 0.05) is 23.2 Å². The van der Waals surface area contributed by atoms with Gasteiger partial charge in [0.1, 0.15) is 11.9 Å². The van der Waals surface area contributed by atoms with Gasteiger partial charge in [-0.2, -0.15) is 13.2 Å². The minimum atomic E-state index is -4.37. The summed E-state index contributed by atoms with van der Waals surface area (Å²) in [6.45, 7) is 0.0773. The molecule has 0 radical (unpaired) electrons. The van der Waals surface area contributed by atoms with Gasteiger partial charge in [-0.15, -0.1) is 0 Å². The van der Waals surface area contributed by atoms with E-state index < -0.39 is 34.8 Å². The minimum absolute atomic E-state index is 0.0304. The lowest BCUT2D eigenvalue weighted by molar-refractivity contribution is -0.173. The highest BCUT2D eigenvalue weighted by Gasteiger charge is 2.27. The zero-order valence-corrected chi connectivity index (χ0v) is 10.1. The number of hydrogen-bond acceptors (Lipinski definition) is 3. The quantitative estimate of drug-likeness (QED) is 0.683. The van der Waals surface area contributed by atoms with E-state index in [9.17, 15) is 22.2 Å². The van der Waals surface area contributed by atoms with Crippen LogP contribution in [0, 0.1) is 0 Å². The SMILES string of the molecule is CCC(C(=O)O)S(=O)CCCOCC(F)(F)F. The zero-order chi connectivity index (χ0) is 13.5. The van der Waals surface area contributed by atoms with E-state index in [-0.39, 0.29) is 25.2 Å². The molecule has 0 aliphatic rings. The van der Waals surface area contributed by atoms with Crippen molar-refractivity contribution in [2.75, 3.05) is 19.0 Å². The molecule has 2 atom stereocenters. The summed E-state index contributed by atoms with van der Waals surface area (Å²) in [5, 5.41) is 7.72. The lowest BCUT2D eigenvalue weighted by Crippen LogP contribution is -2.27. The minimum Gasteiger partial charge on any atom is -0.480 e. The Labute approximate surface area is 99.6 Å². The lowest BCUT2D eigenvalue weighted by atomic mass is 10.3. The normalized spacial score (nSPS) is 15.5. The van der Waals surface area contributed by atoms with Crippen LogP contribution < -0.4 is 0 Å². The van der Waals surface area contributed by atoms with Crippen molar-refractivity contribution < 1.29 is 32.0 Å². The van der Waals surface area contributed by atoms with Gasteiger partial charge in [0.25, 0.3) is 0 Å². The van der Waals surface area contributed by atoms with Crippen molar-refractivity contribution in [3.05, 3.63) is 0 Å². The topological polar surface area (TPSA) is 63.6 Å². The fourth-order valence-electron chi connectivity index (χ4n) is 1.11. The van der Waals surface area contributed by atoms with Crippen LogP contribution in [0.2, 0.25) is 0 Å². The Morgan fingerprint density at radius 1 is 1.47 bits per heavy atom. The Kier molecular flexibility index (Phi) is 7.37. The second-order valence-electron chi connectivity index (χ2n) is 3.34. The number of carbonyl (C=O) groups is 1. The summed E-state index contributed by atoms with van der Waals surface area (Å²) in [5.74, 6) is -1.12. The van der Waals surface area contributed by atoms with Crippen molar-refractivity contribution >= 4 is 16.8 Å². The molecule has 8 heteroatoms. The van der Waals surface area contributed by atoms with E-state index >= 15 is 0 Å². The predicted molar refractivity (Wildman–Crippen MR) is 56.2 cm³/mol. The van der Waals surface area contributed by atoms with Crippen molar-refractivity contribution in [1.82, 2.24) is 0 Å². The third kappa shape index (κ3) is 8.14. The third-order valence-electron chi connectivity index (χ3n) is 1.86. The molecule has 0 rings (SSSR count). The van der Waals surface area contributed by atoms with Crippen molar-refractivity contribution in [3.63, 3.8) is 0 Å². The Morgan fingerprint density at radius 2 is 2.06 bits per heavy atom. The summed E-state index contributed by atoms with van der Waals surface area (Å²) in [5.41, 5.74) is 0. The molecule has 0 aromatic heterocycles. The van der Waals surface area contributed by atoms with Gasteiger partial charge in [-0.3, -0.25) is 9.00 Å². The standard InChI is InChI=1S/C9H15F3O4S/c1-2-7(8(13)14)17(15)5-3-4-16-6-9(10,11)12/h7H,2-6H2,1H3,(H,13,14). The van der Waals surface area contributed by atoms with Crippen LogP contribution in [0.5, 0.6) is 0 Å². The van der Waals surface area contributed by atoms with Crippen LogP contribution in [0.15, 0.2) is 0 Å². The van der Waals surface area contributed by atoms with Gasteiger partial charge < -0.3 is 9.84 Å². The molecule has 2 unspecified atom stereocenters. The average molecular weight is 276 g/mol. The van der Waals surface area contributed by atoms with E-state index in [1.54, 1.807) is 6.92 Å². The summed E-state index contributed by atoms with van der Waals surface area (Å²) in [6, 6.07) is 0. The lowest BCUT2D eigenvalue weighted by Gasteiger charge is -2.10. The number of alkyl halides is 3. The monoisotopic (exact) mass is 276 g/mol. The number of carboxylic acid groups (broad SMARTS) is 1. The van der Waals surface area contributed by atoms with Crippen LogP contribution in [0.25, 0.3) is 0 Å². The van der Waals surface area contributed by atoms with Crippen molar-refractivity contribution in [3.8, 4) is 0 Å². The highest BCUT2D eigenvalue weighted by Crippen LogP contribution is 2.14. The first kappa shape index (κ1) is 16.4. The molecule has 0 bridgehead atoms. The maximum atomic E-state index is 11.7. The number of rotatable bonds is 8. The van der Waals surface area contributed by atoms with Crippen LogP contribution in [0.3, 0.4) is 0 Å². The molecular weight excluding hydrogens is 261 g/mol. The molecule has 0 aromatic rings. The Bertz CT molecular complexity index is 267. The summed E-state index contributed by atoms with van der Waals surface area (Å²) < 4.78 is 50.7. The van der Waals surface area contributed by atoms with Gasteiger partial charge in [-0.25, -0.2) is 0 Å². The summed E-state index contributed by atoms with van der Waals surface area (Å²) >= 11 is 0. The molecular formula is C9H15F3O4S. The molecule has 17 heavy (non-hydrogen) atoms. The highest BCUT2D eigenvalue weighted by atomic mass is 32.2. The molecule has 0 aliphatic carbocycles. The zero-order valence-electron chi connectivity index (χ0n) is 9.33. The van der Waals surface area contributed by atoms with Crippen LogP contribution >= 0.6 is 0 Å². The number of aliphatic carboxylic acids is 1. The van der Waals surface area contributed by atoms with Crippen molar-refractivity contribution in [2.24, 2.45) is 0 Å². The van der Waals surface area contributed by atoms with Gasteiger partial charge in [0.15, 0.2) is 0 Å². The largest absolute Gasteiger partial charge is 0.480 e. The van der Waals surface area contributed by atoms with E-state index in [1.807, 2.05) is 0 Å². The Hall–Kier alpha value is -0.630. The van der Waals surface area contributed by atoms with Gasteiger partial charge in [-0.1, -0.05) is 6.92 Å². The van der Waals surface area contributed by atoms with Crippen molar-refractivity contribution in [2.45, 2.75) is 31.2 Å². The van der Waals surface area contributed by atoms with Crippen molar-refractivity contribution in [1.29, 1.82) is 0 Å². The molecule has 4 nitrogen and oxygen atoms in total. The second kappa shape index (κ2) is 7.65. The maximum absolute atomic E-state index is 11.7. The second-order valence-corrected chi connectivity index (χ2v) is 5.08. The van der Waals surface area contributed by atoms with E-state index in [4.69, 9.17) is 5.11 Å². The number of ether oxygens (including phenoxy) is 1. The predicted octanol–water partition coefficient (Wildman–Crippen LogP) is 1.57. The molecule has 0 saturated carbocycles. The fourth-order valence-corrected chi connectivity index (χ4v) is 2.39. The van der Waals surface area contributed by atoms with Crippen LogP contribution in [0.4, 0.5) is 13.2 Å². The molecule has 0 spiro atoms. The maximum Gasteiger partial charge on any atom is 0.411 e. The average Bonchev–Trinajstić information content (AvgIpc) is 2.15. The third-order valence-corrected chi connectivity index (χ3v) is 3.72. The molecule has 0 saturated heterocycles. The van der Waals surface area contributed by atoms with E-state index in [0.29, 0.717) is 0 Å². The van der Waals surface area contributed by atoms with E-state index in [0.717, 1.165) is 0 Å². The fraction of sp³-hybridized carbons (Fsp3) is 0.889. The molecule has 0 fully saturated rings.